The van der Waals surface area contributed by atoms with Crippen LogP contribution in [0.15, 0.2) is 59.1 Å². The molecule has 24 heavy (non-hydrogen) atoms. The van der Waals surface area contributed by atoms with Crippen LogP contribution in [0.25, 0.3) is 0 Å². The fraction of sp³-hybridized carbons (Fsp3) is 0.158. The number of aromatic nitrogens is 1. The first-order chi connectivity index (χ1) is 11.6. The summed E-state index contributed by atoms with van der Waals surface area (Å²) in [7, 11) is 0. The molecule has 0 fully saturated rings. The molecule has 2 aromatic carbocycles. The van der Waals surface area contributed by atoms with Crippen molar-refractivity contribution < 1.29 is 14.1 Å². The highest BCUT2D eigenvalue weighted by Crippen LogP contribution is 2.22. The van der Waals surface area contributed by atoms with E-state index in [4.69, 9.17) is 9.26 Å². The Morgan fingerprint density at radius 1 is 1.08 bits per heavy atom. The molecule has 122 valence electrons. The minimum Gasteiger partial charge on any atom is -0.488 e. The van der Waals surface area contributed by atoms with E-state index in [1.165, 1.54) is 0 Å². The van der Waals surface area contributed by atoms with Gasteiger partial charge < -0.3 is 14.6 Å². The molecule has 0 aliphatic rings. The van der Waals surface area contributed by atoms with Crippen LogP contribution in [-0.4, -0.2) is 11.1 Å². The van der Waals surface area contributed by atoms with E-state index in [0.29, 0.717) is 17.9 Å². The summed E-state index contributed by atoms with van der Waals surface area (Å²) < 4.78 is 11.0. The van der Waals surface area contributed by atoms with Gasteiger partial charge >= 0.3 is 0 Å². The standard InChI is InChI=1S/C19H18N2O3/c1-13-17(14(2)24-21-13)12-23-18-11-7-6-10-16(18)19(22)20-15-8-4-3-5-9-15/h3-11H,12H2,1-2H3,(H,20,22). The molecule has 0 saturated heterocycles. The molecule has 0 aliphatic carbocycles. The Bertz CT molecular complexity index is 821. The largest absolute Gasteiger partial charge is 0.488 e. The lowest BCUT2D eigenvalue weighted by Crippen LogP contribution is -2.13. The summed E-state index contributed by atoms with van der Waals surface area (Å²) in [4.78, 5) is 12.5. The van der Waals surface area contributed by atoms with E-state index >= 15 is 0 Å². The van der Waals surface area contributed by atoms with Gasteiger partial charge in [0.1, 0.15) is 18.1 Å². The van der Waals surface area contributed by atoms with Crippen molar-refractivity contribution in [3.8, 4) is 5.75 Å². The normalized spacial score (nSPS) is 10.4. The third-order valence-corrected chi connectivity index (χ3v) is 3.72. The Labute approximate surface area is 140 Å². The fourth-order valence-corrected chi connectivity index (χ4v) is 2.36. The van der Waals surface area contributed by atoms with Gasteiger partial charge in [0.15, 0.2) is 0 Å². The second-order valence-electron chi connectivity index (χ2n) is 5.41. The van der Waals surface area contributed by atoms with E-state index in [2.05, 4.69) is 10.5 Å². The van der Waals surface area contributed by atoms with Gasteiger partial charge in [-0.15, -0.1) is 0 Å². The predicted molar refractivity (Wildman–Crippen MR) is 91.1 cm³/mol. The van der Waals surface area contributed by atoms with E-state index in [1.807, 2.05) is 56.3 Å². The van der Waals surface area contributed by atoms with Crippen molar-refractivity contribution >= 4 is 11.6 Å². The summed E-state index contributed by atoms with van der Waals surface area (Å²) in [6, 6.07) is 16.5. The highest BCUT2D eigenvalue weighted by atomic mass is 16.5. The molecule has 0 aliphatic heterocycles. The fourth-order valence-electron chi connectivity index (χ4n) is 2.36. The number of amides is 1. The number of hydrogen-bond donors (Lipinski definition) is 1. The number of anilines is 1. The van der Waals surface area contributed by atoms with Crippen LogP contribution in [0.5, 0.6) is 5.75 Å². The topological polar surface area (TPSA) is 64.4 Å². The van der Waals surface area contributed by atoms with Crippen molar-refractivity contribution in [2.45, 2.75) is 20.5 Å². The number of nitrogens with zero attached hydrogens (tertiary/aromatic N) is 1. The lowest BCUT2D eigenvalue weighted by Gasteiger charge is -2.11. The first kappa shape index (κ1) is 15.8. The van der Waals surface area contributed by atoms with Crippen molar-refractivity contribution in [2.75, 3.05) is 5.32 Å². The van der Waals surface area contributed by atoms with Gasteiger partial charge in [0.2, 0.25) is 0 Å². The first-order valence-corrected chi connectivity index (χ1v) is 7.65. The Kier molecular flexibility index (Phi) is 4.61. The number of rotatable bonds is 5. The number of benzene rings is 2. The van der Waals surface area contributed by atoms with Crippen molar-refractivity contribution in [3.63, 3.8) is 0 Å². The third-order valence-electron chi connectivity index (χ3n) is 3.72. The van der Waals surface area contributed by atoms with Crippen LogP contribution in [0.3, 0.4) is 0 Å². The van der Waals surface area contributed by atoms with Crippen LogP contribution in [0.1, 0.15) is 27.4 Å². The molecular weight excluding hydrogens is 304 g/mol. The van der Waals surface area contributed by atoms with Crippen molar-refractivity contribution in [1.82, 2.24) is 5.16 Å². The Hall–Kier alpha value is -3.08. The molecule has 0 saturated carbocycles. The number of carbonyl (C=O) groups is 1. The van der Waals surface area contributed by atoms with Gasteiger partial charge in [-0.1, -0.05) is 35.5 Å². The number of ether oxygens (including phenoxy) is 1. The summed E-state index contributed by atoms with van der Waals surface area (Å²) in [5.74, 6) is 1.03. The Balaban J connectivity index is 1.76. The number of hydrogen-bond acceptors (Lipinski definition) is 4. The van der Waals surface area contributed by atoms with Crippen molar-refractivity contribution in [1.29, 1.82) is 0 Å². The molecule has 1 aromatic heterocycles. The molecule has 1 heterocycles. The van der Waals surface area contributed by atoms with Crippen molar-refractivity contribution in [3.05, 3.63) is 77.2 Å². The summed E-state index contributed by atoms with van der Waals surface area (Å²) in [5.41, 5.74) is 2.91. The van der Waals surface area contributed by atoms with E-state index in [9.17, 15) is 4.79 Å². The van der Waals surface area contributed by atoms with Crippen molar-refractivity contribution in [2.24, 2.45) is 0 Å². The molecule has 3 rings (SSSR count). The molecule has 0 radical (unpaired) electrons. The first-order valence-electron chi connectivity index (χ1n) is 7.65. The summed E-state index contributed by atoms with van der Waals surface area (Å²) in [6.45, 7) is 4.01. The lowest BCUT2D eigenvalue weighted by atomic mass is 10.1. The molecule has 0 spiro atoms. The maximum Gasteiger partial charge on any atom is 0.259 e. The van der Waals surface area contributed by atoms with Gasteiger partial charge in [0.25, 0.3) is 5.91 Å². The van der Waals surface area contributed by atoms with E-state index in [0.717, 1.165) is 22.7 Å². The summed E-state index contributed by atoms with van der Waals surface area (Å²) in [6.07, 6.45) is 0. The number of aryl methyl sites for hydroxylation is 2. The number of para-hydroxylation sites is 2. The average molecular weight is 322 g/mol. The monoisotopic (exact) mass is 322 g/mol. The number of carbonyl (C=O) groups excluding carboxylic acids is 1. The van der Waals surface area contributed by atoms with Crippen LogP contribution in [-0.2, 0) is 6.61 Å². The molecule has 0 bridgehead atoms. The molecule has 1 amide bonds. The van der Waals surface area contributed by atoms with E-state index in [1.54, 1.807) is 12.1 Å². The predicted octanol–water partition coefficient (Wildman–Crippen LogP) is 4.12. The Morgan fingerprint density at radius 3 is 2.50 bits per heavy atom. The van der Waals surface area contributed by atoms with Crippen LogP contribution in [0.4, 0.5) is 5.69 Å². The van der Waals surface area contributed by atoms with Gasteiger partial charge in [-0.05, 0) is 38.1 Å². The molecule has 0 atom stereocenters. The third kappa shape index (κ3) is 3.46. The molecule has 0 unspecified atom stereocenters. The average Bonchev–Trinajstić information content (AvgIpc) is 2.92. The SMILES string of the molecule is Cc1noc(C)c1COc1ccccc1C(=O)Nc1ccccc1. The van der Waals surface area contributed by atoms with Crippen LogP contribution >= 0.6 is 0 Å². The Morgan fingerprint density at radius 2 is 1.79 bits per heavy atom. The zero-order valence-corrected chi connectivity index (χ0v) is 13.6. The molecule has 1 N–H and O–H groups in total. The zero-order valence-electron chi connectivity index (χ0n) is 13.6. The van der Waals surface area contributed by atoms with E-state index in [-0.39, 0.29) is 5.91 Å². The second kappa shape index (κ2) is 7.00. The van der Waals surface area contributed by atoms with Crippen LogP contribution < -0.4 is 10.1 Å². The minimum atomic E-state index is -0.212. The molecule has 5 nitrogen and oxygen atoms in total. The summed E-state index contributed by atoms with van der Waals surface area (Å²) >= 11 is 0. The maximum absolute atomic E-state index is 12.5. The number of nitrogens with one attached hydrogen (secondary N) is 1. The molecular formula is C19H18N2O3. The minimum absolute atomic E-state index is 0.212. The zero-order chi connectivity index (χ0) is 16.9. The van der Waals surface area contributed by atoms with Gasteiger partial charge in [0.05, 0.1) is 16.8 Å². The van der Waals surface area contributed by atoms with Gasteiger partial charge in [0, 0.05) is 5.69 Å². The molecule has 5 heteroatoms. The quantitative estimate of drug-likeness (QED) is 0.767. The highest BCUT2D eigenvalue weighted by Gasteiger charge is 2.15. The van der Waals surface area contributed by atoms with Gasteiger partial charge in [-0.2, -0.15) is 0 Å². The van der Waals surface area contributed by atoms with E-state index < -0.39 is 0 Å². The smallest absolute Gasteiger partial charge is 0.259 e. The summed E-state index contributed by atoms with van der Waals surface area (Å²) in [5, 5.41) is 6.77. The molecule has 3 aromatic rings. The maximum atomic E-state index is 12.5. The highest BCUT2D eigenvalue weighted by molar-refractivity contribution is 6.06. The van der Waals surface area contributed by atoms with Crippen LogP contribution in [0.2, 0.25) is 0 Å². The van der Waals surface area contributed by atoms with Crippen LogP contribution in [0, 0.1) is 13.8 Å². The lowest BCUT2D eigenvalue weighted by molar-refractivity contribution is 0.102. The van der Waals surface area contributed by atoms with Gasteiger partial charge in [-0.25, -0.2) is 0 Å². The second-order valence-corrected chi connectivity index (χ2v) is 5.41. The van der Waals surface area contributed by atoms with Gasteiger partial charge in [-0.3, -0.25) is 4.79 Å².